The number of carbonyl (C=O) groups excluding carboxylic acids is 1. The lowest BCUT2D eigenvalue weighted by Crippen LogP contribution is -2.21. The Morgan fingerprint density at radius 2 is 2.24 bits per heavy atom. The van der Waals surface area contributed by atoms with E-state index in [4.69, 9.17) is 9.26 Å². The molecule has 2 heterocycles. The number of rotatable bonds is 5. The van der Waals surface area contributed by atoms with Crippen LogP contribution in [0, 0.1) is 0 Å². The van der Waals surface area contributed by atoms with E-state index in [9.17, 15) is 4.79 Å². The van der Waals surface area contributed by atoms with Gasteiger partial charge in [0.05, 0.1) is 6.42 Å². The molecule has 0 bridgehead atoms. The molecule has 1 fully saturated rings. The summed E-state index contributed by atoms with van der Waals surface area (Å²) < 4.78 is 10.6. The third-order valence-corrected chi connectivity index (χ3v) is 4.32. The highest BCUT2D eigenvalue weighted by atomic mass is 32.1. The van der Waals surface area contributed by atoms with Crippen LogP contribution in [-0.2, 0) is 16.0 Å². The van der Waals surface area contributed by atoms with Crippen LogP contribution in [0.1, 0.15) is 44.4 Å². The molecule has 0 atom stereocenters. The standard InChI is InChI=1S/C15H18N2O3S/c18-14(19-12-4-2-1-3-5-12)7-6-13-16-15(17-20-13)11-8-9-21-10-11/h8-10,12H,1-7H2. The van der Waals surface area contributed by atoms with E-state index in [1.807, 2.05) is 16.8 Å². The van der Waals surface area contributed by atoms with Crippen molar-refractivity contribution >= 4 is 17.3 Å². The Labute approximate surface area is 127 Å². The highest BCUT2D eigenvalue weighted by Gasteiger charge is 2.18. The van der Waals surface area contributed by atoms with Crippen LogP contribution in [-0.4, -0.2) is 22.2 Å². The molecule has 112 valence electrons. The predicted octanol–water partition coefficient (Wildman–Crippen LogP) is 3.61. The molecular weight excluding hydrogens is 288 g/mol. The van der Waals surface area contributed by atoms with Gasteiger partial charge in [-0.15, -0.1) is 0 Å². The first-order valence-electron chi connectivity index (χ1n) is 7.36. The van der Waals surface area contributed by atoms with E-state index in [1.165, 1.54) is 6.42 Å². The average Bonchev–Trinajstić information content (AvgIpc) is 3.17. The molecule has 1 saturated carbocycles. The van der Waals surface area contributed by atoms with Crippen LogP contribution in [0.25, 0.3) is 11.4 Å². The molecule has 21 heavy (non-hydrogen) atoms. The zero-order valence-corrected chi connectivity index (χ0v) is 12.6. The Balaban J connectivity index is 1.47. The fourth-order valence-corrected chi connectivity index (χ4v) is 3.14. The van der Waals surface area contributed by atoms with Gasteiger partial charge in [-0.05, 0) is 37.1 Å². The van der Waals surface area contributed by atoms with E-state index >= 15 is 0 Å². The van der Waals surface area contributed by atoms with E-state index in [2.05, 4.69) is 10.1 Å². The molecular formula is C15H18N2O3S. The summed E-state index contributed by atoms with van der Waals surface area (Å²) in [5.74, 6) is 0.890. The molecule has 0 spiro atoms. The van der Waals surface area contributed by atoms with E-state index in [-0.39, 0.29) is 12.1 Å². The van der Waals surface area contributed by atoms with Gasteiger partial charge in [0.2, 0.25) is 11.7 Å². The Morgan fingerprint density at radius 1 is 1.38 bits per heavy atom. The van der Waals surface area contributed by atoms with Crippen LogP contribution in [0.3, 0.4) is 0 Å². The molecule has 6 heteroatoms. The van der Waals surface area contributed by atoms with E-state index in [0.717, 1.165) is 31.2 Å². The molecule has 0 N–H and O–H groups in total. The molecule has 1 aliphatic carbocycles. The molecule has 2 aromatic rings. The number of carbonyl (C=O) groups is 1. The number of esters is 1. The topological polar surface area (TPSA) is 65.2 Å². The minimum absolute atomic E-state index is 0.107. The molecule has 3 rings (SSSR count). The molecule has 0 amide bonds. The number of aromatic nitrogens is 2. The minimum atomic E-state index is -0.169. The van der Waals surface area contributed by atoms with Gasteiger partial charge in [-0.25, -0.2) is 0 Å². The van der Waals surface area contributed by atoms with Gasteiger partial charge in [-0.3, -0.25) is 4.79 Å². The zero-order valence-electron chi connectivity index (χ0n) is 11.8. The molecule has 0 saturated heterocycles. The number of nitrogens with zero attached hydrogens (tertiary/aromatic N) is 2. The summed E-state index contributed by atoms with van der Waals surface area (Å²) >= 11 is 1.59. The second-order valence-corrected chi connectivity index (χ2v) is 6.05. The molecule has 2 aromatic heterocycles. The Morgan fingerprint density at radius 3 is 3.00 bits per heavy atom. The fourth-order valence-electron chi connectivity index (χ4n) is 2.50. The minimum Gasteiger partial charge on any atom is -0.462 e. The predicted molar refractivity (Wildman–Crippen MR) is 78.9 cm³/mol. The number of aryl methyl sites for hydroxylation is 1. The van der Waals surface area contributed by atoms with Crippen LogP contribution in [0.5, 0.6) is 0 Å². The van der Waals surface area contributed by atoms with Crippen LogP contribution in [0.4, 0.5) is 0 Å². The van der Waals surface area contributed by atoms with Crippen molar-refractivity contribution in [2.45, 2.75) is 51.0 Å². The molecule has 1 aliphatic rings. The van der Waals surface area contributed by atoms with Gasteiger partial charge in [-0.1, -0.05) is 11.6 Å². The lowest BCUT2D eigenvalue weighted by molar-refractivity contribution is -0.150. The van der Waals surface area contributed by atoms with Crippen LogP contribution in [0.15, 0.2) is 21.3 Å². The lowest BCUT2D eigenvalue weighted by atomic mass is 9.98. The maximum absolute atomic E-state index is 11.8. The molecule has 0 unspecified atom stereocenters. The summed E-state index contributed by atoms with van der Waals surface area (Å²) in [5, 5.41) is 7.85. The summed E-state index contributed by atoms with van der Waals surface area (Å²) in [6, 6.07) is 1.94. The van der Waals surface area contributed by atoms with Crippen molar-refractivity contribution < 1.29 is 14.1 Å². The van der Waals surface area contributed by atoms with Gasteiger partial charge >= 0.3 is 5.97 Å². The normalized spacial score (nSPS) is 16.0. The molecule has 0 aliphatic heterocycles. The molecule has 0 aromatic carbocycles. The van der Waals surface area contributed by atoms with Crippen molar-refractivity contribution in [1.29, 1.82) is 0 Å². The number of hydrogen-bond donors (Lipinski definition) is 0. The number of hydrogen-bond acceptors (Lipinski definition) is 6. The third-order valence-electron chi connectivity index (χ3n) is 3.64. The van der Waals surface area contributed by atoms with Crippen molar-refractivity contribution in [3.8, 4) is 11.4 Å². The summed E-state index contributed by atoms with van der Waals surface area (Å²) in [4.78, 5) is 16.1. The first kappa shape index (κ1) is 14.3. The summed E-state index contributed by atoms with van der Waals surface area (Å²) in [6.07, 6.45) is 6.39. The van der Waals surface area contributed by atoms with Gasteiger partial charge < -0.3 is 9.26 Å². The summed E-state index contributed by atoms with van der Waals surface area (Å²) in [5.41, 5.74) is 0.944. The maximum atomic E-state index is 11.8. The Hall–Kier alpha value is -1.69. The molecule has 0 radical (unpaired) electrons. The van der Waals surface area contributed by atoms with Crippen LogP contribution in [0.2, 0.25) is 0 Å². The fraction of sp³-hybridized carbons (Fsp3) is 0.533. The van der Waals surface area contributed by atoms with Gasteiger partial charge in [0.1, 0.15) is 6.10 Å². The monoisotopic (exact) mass is 306 g/mol. The lowest BCUT2D eigenvalue weighted by Gasteiger charge is -2.21. The first-order valence-corrected chi connectivity index (χ1v) is 8.30. The maximum Gasteiger partial charge on any atom is 0.306 e. The van der Waals surface area contributed by atoms with Gasteiger partial charge in [0.15, 0.2) is 0 Å². The van der Waals surface area contributed by atoms with Gasteiger partial charge in [-0.2, -0.15) is 16.3 Å². The number of ether oxygens (including phenoxy) is 1. The van der Waals surface area contributed by atoms with Crippen molar-refractivity contribution in [2.75, 3.05) is 0 Å². The third kappa shape index (κ3) is 3.91. The highest BCUT2D eigenvalue weighted by Crippen LogP contribution is 2.21. The van der Waals surface area contributed by atoms with Crippen molar-refractivity contribution in [2.24, 2.45) is 0 Å². The first-order chi connectivity index (χ1) is 10.3. The smallest absolute Gasteiger partial charge is 0.306 e. The van der Waals surface area contributed by atoms with E-state index < -0.39 is 0 Å². The Bertz CT molecular complexity index is 574. The van der Waals surface area contributed by atoms with Gasteiger partial charge in [0.25, 0.3) is 0 Å². The van der Waals surface area contributed by atoms with Crippen LogP contribution >= 0.6 is 11.3 Å². The summed E-state index contributed by atoms with van der Waals surface area (Å²) in [6.45, 7) is 0. The van der Waals surface area contributed by atoms with E-state index in [1.54, 1.807) is 11.3 Å². The van der Waals surface area contributed by atoms with Crippen molar-refractivity contribution in [3.05, 3.63) is 22.7 Å². The summed E-state index contributed by atoms with van der Waals surface area (Å²) in [7, 11) is 0. The van der Waals surface area contributed by atoms with Crippen molar-refractivity contribution in [3.63, 3.8) is 0 Å². The quantitative estimate of drug-likeness (QED) is 0.790. The zero-order chi connectivity index (χ0) is 14.5. The number of thiophene rings is 1. The average molecular weight is 306 g/mol. The second-order valence-electron chi connectivity index (χ2n) is 5.27. The molecule has 5 nitrogen and oxygen atoms in total. The van der Waals surface area contributed by atoms with Crippen LogP contribution < -0.4 is 0 Å². The van der Waals surface area contributed by atoms with Crippen molar-refractivity contribution in [1.82, 2.24) is 10.1 Å². The SMILES string of the molecule is O=C(CCc1nc(-c2ccsc2)no1)OC1CCCCC1. The second kappa shape index (κ2) is 6.85. The van der Waals surface area contributed by atoms with Gasteiger partial charge in [0, 0.05) is 17.4 Å². The highest BCUT2D eigenvalue weighted by molar-refractivity contribution is 7.08. The largest absolute Gasteiger partial charge is 0.462 e. The Kier molecular flexibility index (Phi) is 4.65. The van der Waals surface area contributed by atoms with E-state index in [0.29, 0.717) is 24.6 Å².